The van der Waals surface area contributed by atoms with Gasteiger partial charge in [0, 0.05) is 19.5 Å². The number of allylic oxidation sites excluding steroid dienone is 5. The Balaban J connectivity index is 1.39. The first-order chi connectivity index (χ1) is 16.4. The van der Waals surface area contributed by atoms with E-state index in [-0.39, 0.29) is 11.5 Å². The maximum Gasteiger partial charge on any atom is 0.295 e. The van der Waals surface area contributed by atoms with Crippen LogP contribution in [0.2, 0.25) is 0 Å². The summed E-state index contributed by atoms with van der Waals surface area (Å²) in [5.74, 6) is -0.0147. The highest BCUT2D eigenvalue weighted by molar-refractivity contribution is 5.83. The smallest absolute Gasteiger partial charge is 0.295 e. The van der Waals surface area contributed by atoms with Crippen molar-refractivity contribution in [2.75, 3.05) is 6.54 Å². The van der Waals surface area contributed by atoms with Crippen LogP contribution < -0.4 is 10.9 Å². The lowest BCUT2D eigenvalue weighted by Crippen LogP contribution is -2.27. The molecule has 4 rings (SSSR count). The fourth-order valence-electron chi connectivity index (χ4n) is 4.19. The molecule has 0 saturated heterocycles. The Morgan fingerprint density at radius 3 is 2.68 bits per heavy atom. The molecule has 0 bridgehead atoms. The van der Waals surface area contributed by atoms with E-state index in [2.05, 4.69) is 39.8 Å². The van der Waals surface area contributed by atoms with Crippen LogP contribution in [0.1, 0.15) is 42.6 Å². The molecule has 176 valence electrons. The van der Waals surface area contributed by atoms with Gasteiger partial charge in [-0.1, -0.05) is 48.1 Å². The topological polar surface area (TPSA) is 81.8 Å². The number of benzene rings is 1. The van der Waals surface area contributed by atoms with Gasteiger partial charge < -0.3 is 5.32 Å². The zero-order chi connectivity index (χ0) is 24.1. The molecule has 1 N–H and O–H groups in total. The Labute approximate surface area is 199 Å². The molecule has 1 aliphatic carbocycles. The van der Waals surface area contributed by atoms with Crippen LogP contribution in [0.4, 0.5) is 0 Å². The largest absolute Gasteiger partial charge is 0.356 e. The van der Waals surface area contributed by atoms with Crippen LogP contribution in [-0.2, 0) is 11.3 Å². The normalized spacial score (nSPS) is 13.2. The number of nitrogens with zero attached hydrogens (tertiary/aromatic N) is 4. The van der Waals surface area contributed by atoms with Crippen molar-refractivity contribution >= 4 is 16.8 Å². The Bertz CT molecular complexity index is 1340. The molecule has 0 aliphatic heterocycles. The molecule has 3 aromatic rings. The standard InChI is InChI=1S/C27H31N5O2/c1-19-12-14-23(15-13-19)32-21(3)25-20(2)29-31(27(34)26(25)30-32)18-8-11-24(33)28-17-16-22-9-6-4-5-7-10-22/h4,6-7,9-10,12-15H,5,8,11,16-18H2,1-3H3,(H,28,33). The fraction of sp³-hybridized carbons (Fsp3) is 0.333. The van der Waals surface area contributed by atoms with E-state index < -0.39 is 0 Å². The van der Waals surface area contributed by atoms with Gasteiger partial charge in [-0.2, -0.15) is 10.2 Å². The van der Waals surface area contributed by atoms with Gasteiger partial charge in [0.2, 0.25) is 5.91 Å². The number of aromatic nitrogens is 4. The van der Waals surface area contributed by atoms with Crippen molar-refractivity contribution in [2.45, 2.75) is 53.0 Å². The Morgan fingerprint density at radius 1 is 1.09 bits per heavy atom. The first-order valence-corrected chi connectivity index (χ1v) is 11.8. The van der Waals surface area contributed by atoms with Gasteiger partial charge in [0.25, 0.3) is 5.56 Å². The summed E-state index contributed by atoms with van der Waals surface area (Å²) in [7, 11) is 0. The minimum absolute atomic E-state index is 0.0147. The lowest BCUT2D eigenvalue weighted by atomic mass is 10.1. The highest BCUT2D eigenvalue weighted by Crippen LogP contribution is 2.21. The summed E-state index contributed by atoms with van der Waals surface area (Å²) in [5, 5.41) is 12.9. The molecule has 0 saturated carbocycles. The SMILES string of the molecule is Cc1ccc(-n2nc3c(=O)n(CCCC(=O)NCCC4=CC=CCC=C4)nc(C)c3c2C)cc1. The van der Waals surface area contributed by atoms with E-state index in [1.165, 1.54) is 10.3 Å². The van der Waals surface area contributed by atoms with E-state index in [4.69, 9.17) is 0 Å². The predicted octanol–water partition coefficient (Wildman–Crippen LogP) is 4.24. The number of nitrogens with one attached hydrogen (secondary N) is 1. The molecule has 7 nitrogen and oxygen atoms in total. The highest BCUT2D eigenvalue weighted by atomic mass is 16.1. The first-order valence-electron chi connectivity index (χ1n) is 11.8. The van der Waals surface area contributed by atoms with Crippen molar-refractivity contribution < 1.29 is 4.79 Å². The number of carbonyl (C=O) groups excluding carboxylic acids is 1. The number of fused-ring (bicyclic) bond motifs is 1. The molecule has 0 radical (unpaired) electrons. The van der Waals surface area contributed by atoms with Crippen LogP contribution in [0.3, 0.4) is 0 Å². The second-order valence-electron chi connectivity index (χ2n) is 8.68. The van der Waals surface area contributed by atoms with Crippen molar-refractivity contribution in [1.82, 2.24) is 24.9 Å². The molecule has 1 amide bonds. The minimum Gasteiger partial charge on any atom is -0.356 e. The molecule has 1 aromatic carbocycles. The lowest BCUT2D eigenvalue weighted by Gasteiger charge is -2.08. The van der Waals surface area contributed by atoms with Gasteiger partial charge >= 0.3 is 0 Å². The summed E-state index contributed by atoms with van der Waals surface area (Å²) in [4.78, 5) is 25.3. The minimum atomic E-state index is -0.227. The molecule has 1 aliphatic rings. The first kappa shape index (κ1) is 23.4. The number of carbonyl (C=O) groups is 1. The van der Waals surface area contributed by atoms with Crippen LogP contribution in [0.15, 0.2) is 65.0 Å². The Kier molecular flexibility index (Phi) is 7.21. The summed E-state index contributed by atoms with van der Waals surface area (Å²) in [6.45, 7) is 6.85. The number of aryl methyl sites for hydroxylation is 4. The van der Waals surface area contributed by atoms with E-state index in [0.29, 0.717) is 31.4 Å². The predicted molar refractivity (Wildman–Crippen MR) is 135 cm³/mol. The summed E-state index contributed by atoms with van der Waals surface area (Å²) in [6, 6.07) is 8.04. The zero-order valence-corrected chi connectivity index (χ0v) is 20.0. The third kappa shape index (κ3) is 5.25. The third-order valence-electron chi connectivity index (χ3n) is 6.02. The molecule has 2 heterocycles. The van der Waals surface area contributed by atoms with Crippen LogP contribution in [0, 0.1) is 20.8 Å². The molecule has 34 heavy (non-hydrogen) atoms. The molecule has 0 atom stereocenters. The van der Waals surface area contributed by atoms with Crippen LogP contribution in [0.5, 0.6) is 0 Å². The van der Waals surface area contributed by atoms with E-state index >= 15 is 0 Å². The monoisotopic (exact) mass is 457 g/mol. The van der Waals surface area contributed by atoms with Crippen molar-refractivity contribution in [1.29, 1.82) is 0 Å². The third-order valence-corrected chi connectivity index (χ3v) is 6.02. The zero-order valence-electron chi connectivity index (χ0n) is 20.0. The van der Waals surface area contributed by atoms with Gasteiger partial charge in [0.05, 0.1) is 22.5 Å². The summed E-state index contributed by atoms with van der Waals surface area (Å²) in [5.41, 5.74) is 5.11. The van der Waals surface area contributed by atoms with Gasteiger partial charge in [-0.05, 0) is 57.7 Å². The Morgan fingerprint density at radius 2 is 1.88 bits per heavy atom. The van der Waals surface area contributed by atoms with E-state index in [9.17, 15) is 9.59 Å². The second-order valence-corrected chi connectivity index (χ2v) is 8.68. The molecular weight excluding hydrogens is 426 g/mol. The molecule has 0 fully saturated rings. The quantitative estimate of drug-likeness (QED) is 0.549. The van der Waals surface area contributed by atoms with Gasteiger partial charge in [0.15, 0.2) is 5.52 Å². The van der Waals surface area contributed by atoms with E-state index in [1.807, 2.05) is 51.1 Å². The van der Waals surface area contributed by atoms with Crippen molar-refractivity contribution in [3.8, 4) is 5.69 Å². The van der Waals surface area contributed by atoms with Gasteiger partial charge in [-0.15, -0.1) is 0 Å². The molecule has 0 unspecified atom stereocenters. The number of amides is 1. The van der Waals surface area contributed by atoms with Gasteiger partial charge in [0.1, 0.15) is 0 Å². The number of hydrogen-bond donors (Lipinski definition) is 1. The fourth-order valence-corrected chi connectivity index (χ4v) is 4.19. The Hall–Kier alpha value is -3.74. The summed E-state index contributed by atoms with van der Waals surface area (Å²) >= 11 is 0. The second kappa shape index (κ2) is 10.5. The van der Waals surface area contributed by atoms with E-state index in [1.54, 1.807) is 4.68 Å². The maximum atomic E-state index is 13.1. The van der Waals surface area contributed by atoms with Gasteiger partial charge in [-0.3, -0.25) is 9.59 Å². The molecule has 2 aromatic heterocycles. The average Bonchev–Trinajstić information content (AvgIpc) is 2.98. The van der Waals surface area contributed by atoms with Crippen molar-refractivity contribution in [3.63, 3.8) is 0 Å². The maximum absolute atomic E-state index is 13.1. The van der Waals surface area contributed by atoms with Crippen LogP contribution >= 0.6 is 0 Å². The van der Waals surface area contributed by atoms with Gasteiger partial charge in [-0.25, -0.2) is 9.36 Å². The number of rotatable bonds is 8. The van der Waals surface area contributed by atoms with Crippen molar-refractivity contribution in [2.24, 2.45) is 0 Å². The summed E-state index contributed by atoms with van der Waals surface area (Å²) < 4.78 is 3.23. The van der Waals surface area contributed by atoms with E-state index in [0.717, 1.165) is 40.9 Å². The lowest BCUT2D eigenvalue weighted by molar-refractivity contribution is -0.121. The highest BCUT2D eigenvalue weighted by Gasteiger charge is 2.17. The molecule has 7 heteroatoms. The number of hydrogen-bond acceptors (Lipinski definition) is 4. The van der Waals surface area contributed by atoms with Crippen LogP contribution in [-0.4, -0.2) is 32.0 Å². The average molecular weight is 458 g/mol. The molecule has 0 spiro atoms. The van der Waals surface area contributed by atoms with Crippen LogP contribution in [0.25, 0.3) is 16.6 Å². The summed E-state index contributed by atoms with van der Waals surface area (Å²) in [6.07, 6.45) is 13.1. The molecular formula is C27H31N5O2. The van der Waals surface area contributed by atoms with Crippen molar-refractivity contribution in [3.05, 3.63) is 87.5 Å².